The van der Waals surface area contributed by atoms with E-state index in [4.69, 9.17) is 4.74 Å². The predicted molar refractivity (Wildman–Crippen MR) is 71.7 cm³/mol. The Balaban J connectivity index is 1.74. The maximum absolute atomic E-state index is 12.4. The van der Waals surface area contributed by atoms with Crippen LogP contribution in [0, 0.1) is 5.92 Å². The van der Waals surface area contributed by atoms with Gasteiger partial charge in [0.2, 0.25) is 0 Å². The molecule has 1 saturated heterocycles. The highest BCUT2D eigenvalue weighted by atomic mass is 16.5. The van der Waals surface area contributed by atoms with Gasteiger partial charge < -0.3 is 9.64 Å². The zero-order valence-corrected chi connectivity index (χ0v) is 10.9. The van der Waals surface area contributed by atoms with E-state index in [0.29, 0.717) is 18.2 Å². The molecule has 1 aromatic heterocycles. The van der Waals surface area contributed by atoms with Crippen LogP contribution in [-0.4, -0.2) is 41.1 Å². The zero-order chi connectivity index (χ0) is 13.2. The number of carbonyl (C=O) groups excluding carboxylic acids is 1. The molecule has 2 aliphatic rings. The van der Waals surface area contributed by atoms with Crippen molar-refractivity contribution < 1.29 is 9.53 Å². The fourth-order valence-electron chi connectivity index (χ4n) is 3.24. The van der Waals surface area contributed by atoms with E-state index < -0.39 is 0 Å². The highest BCUT2D eigenvalue weighted by Gasteiger charge is 2.49. The van der Waals surface area contributed by atoms with Gasteiger partial charge in [-0.25, -0.2) is 0 Å². The second kappa shape index (κ2) is 5.13. The summed E-state index contributed by atoms with van der Waals surface area (Å²) in [5.41, 5.74) is 0.525. The van der Waals surface area contributed by atoms with Crippen molar-refractivity contribution >= 4 is 5.91 Å². The van der Waals surface area contributed by atoms with Crippen molar-refractivity contribution in [3.05, 3.63) is 42.7 Å². The number of likely N-dealkylation sites (tertiary alicyclic amines) is 1. The second-order valence-electron chi connectivity index (χ2n) is 5.16. The molecule has 3 rings (SSSR count). The monoisotopic (exact) mass is 258 g/mol. The summed E-state index contributed by atoms with van der Waals surface area (Å²) in [4.78, 5) is 18.5. The molecule has 19 heavy (non-hydrogen) atoms. The van der Waals surface area contributed by atoms with Gasteiger partial charge in [-0.1, -0.05) is 12.1 Å². The molecule has 1 saturated carbocycles. The predicted octanol–water partition coefficient (Wildman–Crippen LogP) is 1.89. The Labute approximate surface area is 113 Å². The van der Waals surface area contributed by atoms with E-state index in [0.717, 1.165) is 19.4 Å². The minimum atomic E-state index is 0.0278. The van der Waals surface area contributed by atoms with Crippen molar-refractivity contribution in [2.75, 3.05) is 13.2 Å². The molecule has 2 bridgehead atoms. The third kappa shape index (κ3) is 2.16. The topological polar surface area (TPSA) is 42.4 Å². The van der Waals surface area contributed by atoms with Gasteiger partial charge in [-0.3, -0.25) is 9.78 Å². The van der Waals surface area contributed by atoms with Crippen LogP contribution in [0.5, 0.6) is 0 Å². The Morgan fingerprint density at radius 2 is 2.42 bits per heavy atom. The van der Waals surface area contributed by atoms with Crippen LogP contribution in [0.4, 0.5) is 0 Å². The number of pyridine rings is 1. The molecule has 4 nitrogen and oxygen atoms in total. The first-order valence-corrected chi connectivity index (χ1v) is 6.75. The number of hydrogen-bond acceptors (Lipinski definition) is 3. The molecule has 1 aliphatic heterocycles. The number of carbonyl (C=O) groups is 1. The maximum atomic E-state index is 12.4. The van der Waals surface area contributed by atoms with Crippen LogP contribution in [0.1, 0.15) is 23.3 Å². The summed E-state index contributed by atoms with van der Waals surface area (Å²) in [5.74, 6) is 0.498. The smallest absolute Gasteiger partial charge is 0.272 e. The lowest BCUT2D eigenvalue weighted by Crippen LogP contribution is -2.40. The average Bonchev–Trinajstić information content (AvgIpc) is 3.02. The van der Waals surface area contributed by atoms with Crippen molar-refractivity contribution in [2.24, 2.45) is 5.92 Å². The number of nitrogens with zero attached hydrogens (tertiary/aromatic N) is 2. The first-order valence-electron chi connectivity index (χ1n) is 6.75. The number of rotatable bonds is 4. The Hall–Kier alpha value is -1.68. The Kier molecular flexibility index (Phi) is 3.34. The first kappa shape index (κ1) is 12.4. The number of amides is 1. The van der Waals surface area contributed by atoms with E-state index in [2.05, 4.69) is 11.6 Å². The molecular weight excluding hydrogens is 240 g/mol. The van der Waals surface area contributed by atoms with E-state index in [1.807, 2.05) is 17.0 Å². The molecule has 0 unspecified atom stereocenters. The third-order valence-corrected chi connectivity index (χ3v) is 4.06. The maximum Gasteiger partial charge on any atom is 0.272 e. The highest BCUT2D eigenvalue weighted by Crippen LogP contribution is 2.40. The van der Waals surface area contributed by atoms with Crippen molar-refractivity contribution in [2.45, 2.75) is 25.0 Å². The van der Waals surface area contributed by atoms with E-state index in [1.54, 1.807) is 18.3 Å². The number of hydrogen-bond donors (Lipinski definition) is 0. The minimum Gasteiger partial charge on any atom is -0.372 e. The van der Waals surface area contributed by atoms with Gasteiger partial charge in [0.05, 0.1) is 18.8 Å². The Bertz CT molecular complexity index is 474. The van der Waals surface area contributed by atoms with Crippen LogP contribution in [0.15, 0.2) is 37.1 Å². The van der Waals surface area contributed by atoms with E-state index >= 15 is 0 Å². The van der Waals surface area contributed by atoms with Crippen LogP contribution in [0.2, 0.25) is 0 Å². The summed E-state index contributed by atoms with van der Waals surface area (Å²) < 4.78 is 5.82. The van der Waals surface area contributed by atoms with Gasteiger partial charge in [-0.05, 0) is 25.0 Å². The van der Waals surface area contributed by atoms with Gasteiger partial charge in [0.25, 0.3) is 5.91 Å². The SMILES string of the molecule is C=CCO[C@@H]1[C@H]2CC[C@H]1N(C(=O)c1ccccn1)C2. The molecule has 0 aromatic carbocycles. The van der Waals surface area contributed by atoms with Gasteiger partial charge in [0, 0.05) is 18.7 Å². The summed E-state index contributed by atoms with van der Waals surface area (Å²) in [7, 11) is 0. The summed E-state index contributed by atoms with van der Waals surface area (Å²) in [6, 6.07) is 5.65. The van der Waals surface area contributed by atoms with Gasteiger partial charge >= 0.3 is 0 Å². The molecule has 1 aliphatic carbocycles. The van der Waals surface area contributed by atoms with Crippen molar-refractivity contribution in [3.63, 3.8) is 0 Å². The molecule has 3 atom stereocenters. The number of ether oxygens (including phenoxy) is 1. The van der Waals surface area contributed by atoms with E-state index in [1.165, 1.54) is 0 Å². The fraction of sp³-hybridized carbons (Fsp3) is 0.467. The fourth-order valence-corrected chi connectivity index (χ4v) is 3.24. The highest BCUT2D eigenvalue weighted by molar-refractivity contribution is 5.92. The molecule has 4 heteroatoms. The quantitative estimate of drug-likeness (QED) is 0.774. The molecule has 2 fully saturated rings. The van der Waals surface area contributed by atoms with Crippen molar-refractivity contribution in [1.82, 2.24) is 9.88 Å². The zero-order valence-electron chi connectivity index (χ0n) is 10.9. The molecule has 2 heterocycles. The lowest BCUT2D eigenvalue weighted by Gasteiger charge is -2.26. The van der Waals surface area contributed by atoms with E-state index in [9.17, 15) is 4.79 Å². The molecule has 1 aromatic rings. The van der Waals surface area contributed by atoms with Gasteiger partial charge in [0.15, 0.2) is 0 Å². The van der Waals surface area contributed by atoms with Crippen LogP contribution in [0.25, 0.3) is 0 Å². The standard InChI is InChI=1S/C15H18N2O2/c1-2-9-19-14-11-6-7-13(14)17(10-11)15(18)12-5-3-4-8-16-12/h2-5,8,11,13-14H,1,6-7,9-10H2/t11-,13+,14+/m0/s1. The molecular formula is C15H18N2O2. The first-order chi connectivity index (χ1) is 9.31. The Morgan fingerprint density at radius 1 is 1.53 bits per heavy atom. The average molecular weight is 258 g/mol. The second-order valence-corrected chi connectivity index (χ2v) is 5.16. The van der Waals surface area contributed by atoms with Crippen LogP contribution in [0.3, 0.4) is 0 Å². The van der Waals surface area contributed by atoms with Gasteiger partial charge in [-0.2, -0.15) is 0 Å². The summed E-state index contributed by atoms with van der Waals surface area (Å²) >= 11 is 0. The van der Waals surface area contributed by atoms with Crippen molar-refractivity contribution in [1.29, 1.82) is 0 Å². The molecule has 0 radical (unpaired) electrons. The molecule has 1 amide bonds. The van der Waals surface area contributed by atoms with Crippen molar-refractivity contribution in [3.8, 4) is 0 Å². The third-order valence-electron chi connectivity index (χ3n) is 4.06. The van der Waals surface area contributed by atoms with Gasteiger partial charge in [-0.15, -0.1) is 6.58 Å². The largest absolute Gasteiger partial charge is 0.372 e. The normalized spacial score (nSPS) is 28.6. The number of aromatic nitrogens is 1. The lowest BCUT2D eigenvalue weighted by atomic mass is 10.1. The molecule has 0 spiro atoms. The minimum absolute atomic E-state index is 0.0278. The Morgan fingerprint density at radius 3 is 3.16 bits per heavy atom. The van der Waals surface area contributed by atoms with E-state index in [-0.39, 0.29) is 18.1 Å². The molecule has 100 valence electrons. The van der Waals surface area contributed by atoms with Crippen LogP contribution in [-0.2, 0) is 4.74 Å². The number of fused-ring (bicyclic) bond motifs is 2. The molecule has 0 N–H and O–H groups in total. The van der Waals surface area contributed by atoms with Crippen LogP contribution >= 0.6 is 0 Å². The summed E-state index contributed by atoms with van der Waals surface area (Å²) in [6.07, 6.45) is 5.78. The summed E-state index contributed by atoms with van der Waals surface area (Å²) in [5, 5.41) is 0. The lowest BCUT2D eigenvalue weighted by molar-refractivity contribution is 0.0406. The summed E-state index contributed by atoms with van der Waals surface area (Å²) in [6.45, 7) is 5.03. The van der Waals surface area contributed by atoms with Crippen LogP contribution < -0.4 is 0 Å². The number of piperidine rings is 1. The van der Waals surface area contributed by atoms with Gasteiger partial charge in [0.1, 0.15) is 5.69 Å².